The summed E-state index contributed by atoms with van der Waals surface area (Å²) in [7, 11) is 0. The largest absolute Gasteiger partial charge is 0.481 e. The van der Waals surface area contributed by atoms with Gasteiger partial charge < -0.3 is 14.9 Å². The summed E-state index contributed by atoms with van der Waals surface area (Å²) in [6, 6.07) is 18.5. The molecule has 5 heteroatoms. The normalized spacial score (nSPS) is 19.3. The standard InChI is InChI=1S/C25H30N2O3/c1-19(28)27-14-11-21-9-5-6-10-23(21)25(27)12-15-26(16-13-25)18-22(17-24(29)30)20-7-3-2-4-8-20/h2-10,22H,11-18H2,1H3,(H,29,30). The average molecular weight is 407 g/mol. The number of piperidine rings is 1. The van der Waals surface area contributed by atoms with Crippen molar-refractivity contribution in [2.24, 2.45) is 0 Å². The zero-order valence-corrected chi connectivity index (χ0v) is 17.6. The molecule has 2 aromatic rings. The van der Waals surface area contributed by atoms with E-state index in [1.165, 1.54) is 11.1 Å². The molecule has 0 radical (unpaired) electrons. The lowest BCUT2D eigenvalue weighted by molar-refractivity contribution is -0.140. The number of carboxylic acid groups (broad SMARTS) is 1. The number of fused-ring (bicyclic) bond motifs is 2. The number of carbonyl (C=O) groups is 2. The molecule has 0 saturated carbocycles. The molecule has 0 bridgehead atoms. The van der Waals surface area contributed by atoms with E-state index in [1.54, 1.807) is 6.92 Å². The minimum absolute atomic E-state index is 0.0275. The Morgan fingerprint density at radius 3 is 2.33 bits per heavy atom. The number of benzene rings is 2. The molecule has 0 aromatic heterocycles. The fourth-order valence-corrected chi connectivity index (χ4v) is 5.42. The molecule has 0 aliphatic carbocycles. The topological polar surface area (TPSA) is 60.9 Å². The van der Waals surface area contributed by atoms with Gasteiger partial charge in [0.05, 0.1) is 12.0 Å². The van der Waals surface area contributed by atoms with Gasteiger partial charge in [-0.05, 0) is 36.0 Å². The maximum atomic E-state index is 12.5. The van der Waals surface area contributed by atoms with Gasteiger partial charge >= 0.3 is 5.97 Å². The Hall–Kier alpha value is -2.66. The lowest BCUT2D eigenvalue weighted by Gasteiger charge is -2.52. The van der Waals surface area contributed by atoms with Crippen LogP contribution in [0.1, 0.15) is 48.8 Å². The third kappa shape index (κ3) is 3.99. The molecule has 2 heterocycles. The van der Waals surface area contributed by atoms with Gasteiger partial charge in [0.2, 0.25) is 5.91 Å². The van der Waals surface area contributed by atoms with Crippen molar-refractivity contribution < 1.29 is 14.7 Å². The monoisotopic (exact) mass is 406 g/mol. The first-order chi connectivity index (χ1) is 14.5. The molecular weight excluding hydrogens is 376 g/mol. The number of hydrogen-bond donors (Lipinski definition) is 1. The van der Waals surface area contributed by atoms with E-state index in [0.29, 0.717) is 0 Å². The van der Waals surface area contributed by atoms with Crippen LogP contribution in [-0.4, -0.2) is 53.0 Å². The fourth-order valence-electron chi connectivity index (χ4n) is 5.42. The van der Waals surface area contributed by atoms with Crippen LogP contribution in [0.5, 0.6) is 0 Å². The van der Waals surface area contributed by atoms with Crippen LogP contribution in [0.3, 0.4) is 0 Å². The number of likely N-dealkylation sites (tertiary alicyclic amines) is 1. The molecule has 1 N–H and O–H groups in total. The third-order valence-corrected chi connectivity index (χ3v) is 6.87. The number of nitrogens with zero attached hydrogens (tertiary/aromatic N) is 2. The Kier molecular flexibility index (Phi) is 5.91. The second-order valence-electron chi connectivity index (χ2n) is 8.62. The van der Waals surface area contributed by atoms with Crippen LogP contribution in [0.25, 0.3) is 0 Å². The van der Waals surface area contributed by atoms with E-state index in [0.717, 1.165) is 51.0 Å². The maximum absolute atomic E-state index is 12.5. The van der Waals surface area contributed by atoms with Crippen LogP contribution in [-0.2, 0) is 21.5 Å². The minimum Gasteiger partial charge on any atom is -0.481 e. The van der Waals surface area contributed by atoms with Gasteiger partial charge in [0.15, 0.2) is 0 Å². The lowest BCUT2D eigenvalue weighted by Crippen LogP contribution is -2.57. The number of carboxylic acids is 1. The number of carbonyl (C=O) groups excluding carboxylic acids is 1. The van der Waals surface area contributed by atoms with Crippen LogP contribution in [0.15, 0.2) is 54.6 Å². The van der Waals surface area contributed by atoms with Crippen LogP contribution in [0.4, 0.5) is 0 Å². The van der Waals surface area contributed by atoms with Crippen LogP contribution >= 0.6 is 0 Å². The summed E-state index contributed by atoms with van der Waals surface area (Å²) in [6.45, 7) is 4.91. The van der Waals surface area contributed by atoms with E-state index in [1.807, 2.05) is 30.3 Å². The van der Waals surface area contributed by atoms with Gasteiger partial charge in [-0.3, -0.25) is 9.59 Å². The maximum Gasteiger partial charge on any atom is 0.304 e. The van der Waals surface area contributed by atoms with Crippen molar-refractivity contribution in [1.82, 2.24) is 9.80 Å². The highest BCUT2D eigenvalue weighted by molar-refractivity contribution is 5.75. The van der Waals surface area contributed by atoms with Crippen molar-refractivity contribution in [3.8, 4) is 0 Å². The Bertz CT molecular complexity index is 904. The summed E-state index contributed by atoms with van der Waals surface area (Å²) in [4.78, 5) is 28.4. The van der Waals surface area contributed by atoms with Gasteiger partial charge in [-0.15, -0.1) is 0 Å². The number of rotatable bonds is 5. The highest BCUT2D eigenvalue weighted by Gasteiger charge is 2.45. The molecule has 1 fully saturated rings. The van der Waals surface area contributed by atoms with Crippen molar-refractivity contribution in [2.45, 2.75) is 44.1 Å². The van der Waals surface area contributed by atoms with Crippen LogP contribution < -0.4 is 0 Å². The highest BCUT2D eigenvalue weighted by Crippen LogP contribution is 2.43. The Labute approximate surface area is 178 Å². The third-order valence-electron chi connectivity index (χ3n) is 6.87. The summed E-state index contributed by atoms with van der Waals surface area (Å²) in [6.07, 6.45) is 2.82. The summed E-state index contributed by atoms with van der Waals surface area (Å²) >= 11 is 0. The second kappa shape index (κ2) is 8.60. The van der Waals surface area contributed by atoms with Crippen molar-refractivity contribution >= 4 is 11.9 Å². The predicted molar refractivity (Wildman–Crippen MR) is 116 cm³/mol. The van der Waals surface area contributed by atoms with Gasteiger partial charge in [0, 0.05) is 39.0 Å². The quantitative estimate of drug-likeness (QED) is 0.824. The Morgan fingerprint density at radius 2 is 1.67 bits per heavy atom. The van der Waals surface area contributed by atoms with E-state index < -0.39 is 5.97 Å². The van der Waals surface area contributed by atoms with Gasteiger partial charge in [-0.1, -0.05) is 54.6 Å². The first-order valence-corrected chi connectivity index (χ1v) is 10.9. The zero-order chi connectivity index (χ0) is 21.1. The molecule has 1 amide bonds. The van der Waals surface area contributed by atoms with E-state index >= 15 is 0 Å². The Balaban J connectivity index is 1.53. The van der Waals surface area contributed by atoms with Crippen molar-refractivity contribution in [3.05, 3.63) is 71.3 Å². The van der Waals surface area contributed by atoms with Gasteiger partial charge in [-0.25, -0.2) is 0 Å². The summed E-state index contributed by atoms with van der Waals surface area (Å²) < 4.78 is 0. The SMILES string of the molecule is CC(=O)N1CCc2ccccc2C12CCN(CC(CC(=O)O)c1ccccc1)CC2. The predicted octanol–water partition coefficient (Wildman–Crippen LogP) is 3.64. The smallest absolute Gasteiger partial charge is 0.304 e. The van der Waals surface area contributed by atoms with Crippen LogP contribution in [0.2, 0.25) is 0 Å². The first-order valence-electron chi connectivity index (χ1n) is 10.9. The van der Waals surface area contributed by atoms with Crippen molar-refractivity contribution in [3.63, 3.8) is 0 Å². The van der Waals surface area contributed by atoms with Crippen molar-refractivity contribution in [2.75, 3.05) is 26.2 Å². The van der Waals surface area contributed by atoms with E-state index in [9.17, 15) is 14.7 Å². The molecule has 1 saturated heterocycles. The molecule has 4 rings (SSSR count). The highest BCUT2D eigenvalue weighted by atomic mass is 16.4. The van der Waals surface area contributed by atoms with Crippen molar-refractivity contribution in [1.29, 1.82) is 0 Å². The number of amides is 1. The molecule has 5 nitrogen and oxygen atoms in total. The second-order valence-corrected chi connectivity index (χ2v) is 8.62. The minimum atomic E-state index is -0.763. The van der Waals surface area contributed by atoms with E-state index in [-0.39, 0.29) is 23.8 Å². The zero-order valence-electron chi connectivity index (χ0n) is 17.6. The fraction of sp³-hybridized carbons (Fsp3) is 0.440. The van der Waals surface area contributed by atoms with E-state index in [4.69, 9.17) is 0 Å². The van der Waals surface area contributed by atoms with E-state index in [2.05, 4.69) is 34.1 Å². The summed E-state index contributed by atoms with van der Waals surface area (Å²) in [5.41, 5.74) is 3.51. The molecule has 2 aliphatic heterocycles. The molecule has 2 aromatic carbocycles. The van der Waals surface area contributed by atoms with Gasteiger partial charge in [0.1, 0.15) is 0 Å². The molecule has 1 atom stereocenters. The molecule has 30 heavy (non-hydrogen) atoms. The molecular formula is C25H30N2O3. The lowest BCUT2D eigenvalue weighted by atomic mass is 9.74. The summed E-state index contributed by atoms with van der Waals surface area (Å²) in [5.74, 6) is -0.646. The van der Waals surface area contributed by atoms with Crippen LogP contribution in [0, 0.1) is 0 Å². The van der Waals surface area contributed by atoms with Gasteiger partial charge in [0.25, 0.3) is 0 Å². The molecule has 2 aliphatic rings. The van der Waals surface area contributed by atoms with Gasteiger partial charge in [-0.2, -0.15) is 0 Å². The average Bonchev–Trinajstić information content (AvgIpc) is 2.75. The summed E-state index contributed by atoms with van der Waals surface area (Å²) in [5, 5.41) is 9.42. The number of hydrogen-bond acceptors (Lipinski definition) is 3. The molecule has 158 valence electrons. The molecule has 1 spiro atoms. The molecule has 1 unspecified atom stereocenters. The Morgan fingerprint density at radius 1 is 1.00 bits per heavy atom. The first kappa shape index (κ1) is 20.6. The number of aliphatic carboxylic acids is 1.